The van der Waals surface area contributed by atoms with Crippen molar-refractivity contribution in [3.8, 4) is 5.75 Å². The summed E-state index contributed by atoms with van der Waals surface area (Å²) in [5.41, 5.74) is 2.48. The first-order valence-electron chi connectivity index (χ1n) is 11.5. The van der Waals surface area contributed by atoms with Crippen molar-refractivity contribution in [3.05, 3.63) is 47.8 Å². The largest absolute Gasteiger partial charge is 0.491 e. The van der Waals surface area contributed by atoms with Gasteiger partial charge in [-0.25, -0.2) is 9.97 Å². The fourth-order valence-electron chi connectivity index (χ4n) is 4.48. The van der Waals surface area contributed by atoms with Crippen LogP contribution in [0.3, 0.4) is 0 Å². The van der Waals surface area contributed by atoms with Crippen molar-refractivity contribution in [1.29, 1.82) is 0 Å². The van der Waals surface area contributed by atoms with Crippen molar-refractivity contribution in [2.75, 3.05) is 51.7 Å². The molecule has 0 amide bonds. The third-order valence-electron chi connectivity index (χ3n) is 6.11. The predicted octanol–water partition coefficient (Wildman–Crippen LogP) is 3.42. The Hall–Kier alpha value is -1.67. The zero-order valence-corrected chi connectivity index (χ0v) is 19.1. The Morgan fingerprint density at radius 3 is 2.65 bits per heavy atom. The van der Waals surface area contributed by atoms with Crippen LogP contribution in [-0.2, 0) is 6.54 Å². The van der Waals surface area contributed by atoms with Crippen LogP contribution in [0.15, 0.2) is 41.7 Å². The second-order valence-corrected chi connectivity index (χ2v) is 9.51. The predicted molar refractivity (Wildman–Crippen MR) is 125 cm³/mol. The van der Waals surface area contributed by atoms with Gasteiger partial charge in [-0.15, -0.1) is 0 Å². The van der Waals surface area contributed by atoms with E-state index in [1.807, 2.05) is 18.3 Å². The first-order valence-corrected chi connectivity index (χ1v) is 12.5. The Morgan fingerprint density at radius 2 is 1.84 bits per heavy atom. The van der Waals surface area contributed by atoms with Crippen molar-refractivity contribution in [3.63, 3.8) is 0 Å². The summed E-state index contributed by atoms with van der Waals surface area (Å²) in [6.07, 6.45) is 7.01. The van der Waals surface area contributed by atoms with E-state index in [1.54, 1.807) is 11.8 Å². The van der Waals surface area contributed by atoms with E-state index in [-0.39, 0.29) is 6.61 Å². The monoisotopic (exact) mass is 442 g/mol. The lowest BCUT2D eigenvalue weighted by Crippen LogP contribution is -2.34. The summed E-state index contributed by atoms with van der Waals surface area (Å²) in [7, 11) is 0. The molecule has 2 fully saturated rings. The van der Waals surface area contributed by atoms with Gasteiger partial charge in [0.1, 0.15) is 12.4 Å². The minimum atomic E-state index is 0.0403. The number of aromatic nitrogens is 2. The zero-order chi connectivity index (χ0) is 21.3. The Balaban J connectivity index is 1.28. The molecule has 0 radical (unpaired) electrons. The number of hydrogen-bond donors (Lipinski definition) is 1. The summed E-state index contributed by atoms with van der Waals surface area (Å²) in [6.45, 7) is 7.12. The number of rotatable bonds is 10. The molecule has 2 saturated heterocycles. The summed E-state index contributed by atoms with van der Waals surface area (Å²) < 4.78 is 5.46. The highest BCUT2D eigenvalue weighted by Gasteiger charge is 2.23. The fraction of sp³-hybridized carbons (Fsp3) is 0.583. The van der Waals surface area contributed by atoms with Crippen LogP contribution in [0.1, 0.15) is 42.9 Å². The minimum Gasteiger partial charge on any atom is -0.491 e. The third kappa shape index (κ3) is 6.91. The van der Waals surface area contributed by atoms with Crippen LogP contribution in [0.5, 0.6) is 5.75 Å². The van der Waals surface area contributed by atoms with E-state index >= 15 is 0 Å². The Labute approximate surface area is 190 Å². The van der Waals surface area contributed by atoms with E-state index in [9.17, 15) is 0 Å². The van der Waals surface area contributed by atoms with Crippen LogP contribution in [0.25, 0.3) is 0 Å². The van der Waals surface area contributed by atoms with E-state index in [4.69, 9.17) is 14.8 Å². The number of likely N-dealkylation sites (tertiary alicyclic amines) is 2. The number of piperidine rings is 1. The van der Waals surface area contributed by atoms with E-state index in [0.717, 1.165) is 42.8 Å². The van der Waals surface area contributed by atoms with Gasteiger partial charge in [-0.1, -0.05) is 23.9 Å². The van der Waals surface area contributed by atoms with Crippen molar-refractivity contribution in [2.45, 2.75) is 43.3 Å². The van der Waals surface area contributed by atoms with Gasteiger partial charge < -0.3 is 14.7 Å². The molecule has 0 aliphatic carbocycles. The van der Waals surface area contributed by atoms with Crippen molar-refractivity contribution in [1.82, 2.24) is 19.8 Å². The first kappa shape index (κ1) is 22.5. The molecule has 1 atom stereocenters. The van der Waals surface area contributed by atoms with Crippen molar-refractivity contribution >= 4 is 11.8 Å². The lowest BCUT2D eigenvalue weighted by molar-refractivity contribution is 0.197. The highest BCUT2D eigenvalue weighted by Crippen LogP contribution is 2.28. The molecule has 0 saturated carbocycles. The van der Waals surface area contributed by atoms with Crippen molar-refractivity contribution in [2.24, 2.45) is 0 Å². The van der Waals surface area contributed by atoms with Crippen LogP contribution < -0.4 is 4.74 Å². The number of aliphatic hydroxyl groups is 1. The van der Waals surface area contributed by atoms with Crippen LogP contribution in [0.4, 0.5) is 0 Å². The fourth-order valence-corrected chi connectivity index (χ4v) is 5.31. The van der Waals surface area contributed by atoms with Gasteiger partial charge in [0.05, 0.1) is 6.61 Å². The molecule has 0 bridgehead atoms. The van der Waals surface area contributed by atoms with Gasteiger partial charge in [0.15, 0.2) is 5.16 Å². The highest BCUT2D eigenvalue weighted by atomic mass is 32.2. The van der Waals surface area contributed by atoms with E-state index in [1.165, 1.54) is 50.0 Å². The average Bonchev–Trinajstić information content (AvgIpc) is 3.33. The van der Waals surface area contributed by atoms with Crippen LogP contribution in [0.2, 0.25) is 0 Å². The Kier molecular flexibility index (Phi) is 8.58. The number of aliphatic hydroxyl groups excluding tert-OH is 1. The molecule has 0 unspecified atom stereocenters. The second kappa shape index (κ2) is 11.8. The summed E-state index contributed by atoms with van der Waals surface area (Å²) in [6, 6.07) is 10.3. The normalized spacial score (nSPS) is 20.2. The quantitative estimate of drug-likeness (QED) is 0.447. The van der Waals surface area contributed by atoms with Crippen molar-refractivity contribution < 1.29 is 9.84 Å². The zero-order valence-electron chi connectivity index (χ0n) is 18.3. The molecule has 3 heterocycles. The Morgan fingerprint density at radius 1 is 1.03 bits per heavy atom. The molecule has 2 aromatic rings. The van der Waals surface area contributed by atoms with E-state index in [0.29, 0.717) is 12.5 Å². The van der Waals surface area contributed by atoms with Gasteiger partial charge in [-0.05, 0) is 69.1 Å². The van der Waals surface area contributed by atoms with Gasteiger partial charge in [-0.3, -0.25) is 4.90 Å². The Bertz CT molecular complexity index is 798. The van der Waals surface area contributed by atoms with Gasteiger partial charge in [-0.2, -0.15) is 0 Å². The minimum absolute atomic E-state index is 0.0403. The maximum Gasteiger partial charge on any atom is 0.187 e. The number of ether oxygens (including phenoxy) is 1. The number of nitrogens with zero attached hydrogens (tertiary/aromatic N) is 4. The molecule has 2 aliphatic heterocycles. The van der Waals surface area contributed by atoms with E-state index in [2.05, 4.69) is 33.0 Å². The smallest absolute Gasteiger partial charge is 0.187 e. The summed E-state index contributed by atoms with van der Waals surface area (Å²) in [4.78, 5) is 14.5. The average molecular weight is 443 g/mol. The topological polar surface area (TPSA) is 61.7 Å². The molecule has 1 aromatic heterocycles. The molecule has 6 nitrogen and oxygen atoms in total. The highest BCUT2D eigenvalue weighted by molar-refractivity contribution is 7.99. The molecule has 168 valence electrons. The summed E-state index contributed by atoms with van der Waals surface area (Å²) in [5.74, 6) is 2.35. The second-order valence-electron chi connectivity index (χ2n) is 8.45. The summed E-state index contributed by atoms with van der Waals surface area (Å²) >= 11 is 1.79. The number of thioether (sulfide) groups is 1. The van der Waals surface area contributed by atoms with Gasteiger partial charge in [0.2, 0.25) is 0 Å². The molecule has 0 spiro atoms. The molecule has 7 heteroatoms. The molecule has 2 aliphatic rings. The molecular formula is C24H34N4O2S. The van der Waals surface area contributed by atoms with E-state index < -0.39 is 0 Å². The lowest BCUT2D eigenvalue weighted by atomic mass is 9.94. The maximum atomic E-state index is 8.88. The number of benzene rings is 1. The third-order valence-corrected chi connectivity index (χ3v) is 6.95. The van der Waals surface area contributed by atoms with Gasteiger partial charge >= 0.3 is 0 Å². The van der Waals surface area contributed by atoms with Gasteiger partial charge in [0.25, 0.3) is 0 Å². The van der Waals surface area contributed by atoms with Crippen LogP contribution in [0, 0.1) is 0 Å². The molecule has 4 rings (SSSR count). The number of hydrogen-bond acceptors (Lipinski definition) is 7. The molecule has 1 aromatic carbocycles. The maximum absolute atomic E-state index is 8.88. The van der Waals surface area contributed by atoms with Crippen LogP contribution >= 0.6 is 11.8 Å². The van der Waals surface area contributed by atoms with Crippen LogP contribution in [-0.4, -0.2) is 76.6 Å². The first-order chi connectivity index (χ1) is 15.3. The standard InChI is InChI=1S/C24H34N4O2S/c29-15-16-30-22-7-5-20(6-8-22)18-28-13-3-4-21(19-28)23-9-10-25-24(26-23)31-17-14-27-11-1-2-12-27/h5-10,21,29H,1-4,11-19H2/t21-/m0/s1. The SMILES string of the molecule is OCCOc1ccc(CN2CCC[C@H](c3ccnc(SCCN4CCCC4)n3)C2)cc1. The molecule has 1 N–H and O–H groups in total. The summed E-state index contributed by atoms with van der Waals surface area (Å²) in [5, 5.41) is 9.80. The molecule has 31 heavy (non-hydrogen) atoms. The van der Waals surface area contributed by atoms with Gasteiger partial charge in [0, 0.05) is 43.2 Å². The lowest BCUT2D eigenvalue weighted by Gasteiger charge is -2.32. The molecular weight excluding hydrogens is 408 g/mol.